The Labute approximate surface area is 203 Å². The second-order valence-electron chi connectivity index (χ2n) is 10.5. The molecule has 1 aromatic carbocycles. The molecule has 34 heavy (non-hydrogen) atoms. The summed E-state index contributed by atoms with van der Waals surface area (Å²) < 4.78 is 6.62. The first-order valence-electron chi connectivity index (χ1n) is 12.6. The van der Waals surface area contributed by atoms with Gasteiger partial charge in [0.25, 0.3) is 5.91 Å². The van der Waals surface area contributed by atoms with Gasteiger partial charge in [0.05, 0.1) is 11.8 Å². The van der Waals surface area contributed by atoms with E-state index in [1.165, 1.54) is 0 Å². The van der Waals surface area contributed by atoms with E-state index in [0.29, 0.717) is 25.9 Å². The minimum atomic E-state index is -2.73. The maximum absolute atomic E-state index is 14.0. The molecule has 3 aliphatic rings. The third-order valence-corrected chi connectivity index (χ3v) is 10.3. The smallest absolute Gasteiger partial charge is 0.264 e. The molecule has 2 N–H and O–H groups in total. The molecule has 4 atom stereocenters. The largest absolute Gasteiger partial charge is 0.432 e. The molecule has 7 nitrogen and oxygen atoms in total. The van der Waals surface area contributed by atoms with Crippen molar-refractivity contribution in [2.75, 3.05) is 29.5 Å². The number of amides is 2. The minimum absolute atomic E-state index is 0.0752. The fourth-order valence-electron chi connectivity index (χ4n) is 6.37. The van der Waals surface area contributed by atoms with Crippen molar-refractivity contribution in [2.45, 2.75) is 75.8 Å². The Morgan fingerprint density at radius 2 is 1.97 bits per heavy atom. The molecule has 0 unspecified atom stereocenters. The lowest BCUT2D eigenvalue weighted by atomic mass is 9.82. The van der Waals surface area contributed by atoms with Crippen LogP contribution in [0.5, 0.6) is 0 Å². The van der Waals surface area contributed by atoms with Crippen LogP contribution >= 0.6 is 0 Å². The van der Waals surface area contributed by atoms with Crippen molar-refractivity contribution in [3.8, 4) is 0 Å². The molecule has 0 aliphatic carbocycles. The molecular weight excluding hydrogens is 448 g/mol. The van der Waals surface area contributed by atoms with Gasteiger partial charge in [-0.15, -0.1) is 6.58 Å². The summed E-state index contributed by atoms with van der Waals surface area (Å²) in [4.78, 5) is 41.7. The average Bonchev–Trinajstić information content (AvgIpc) is 3.18. The Hall–Kier alpha value is -2.00. The Morgan fingerprint density at radius 1 is 1.24 bits per heavy atom. The van der Waals surface area contributed by atoms with Crippen LogP contribution in [-0.2, 0) is 19.9 Å². The van der Waals surface area contributed by atoms with Crippen LogP contribution in [-0.4, -0.2) is 55.8 Å². The standard InChI is InChI=1S/C26H38N2O5Si/c1-5-14-28-21-12-11-19(27-15-9-7-6-8-10-23(27)30)17-20(21)26(25(28)31)18(2)24(34(3,4)32)22(33-26)13-16-29/h5,11-12,17-18,22,24,29,32H,1,6-10,13-16H2,2-4H3/t18-,22+,24-,26+/m0/s1. The average molecular weight is 487 g/mol. The van der Waals surface area contributed by atoms with Crippen LogP contribution in [0.4, 0.5) is 11.4 Å². The van der Waals surface area contributed by atoms with Crippen molar-refractivity contribution in [2.24, 2.45) is 5.92 Å². The molecule has 2 saturated heterocycles. The number of hydrogen-bond acceptors (Lipinski definition) is 5. The molecule has 1 aromatic rings. The van der Waals surface area contributed by atoms with E-state index < -0.39 is 20.0 Å². The molecule has 186 valence electrons. The van der Waals surface area contributed by atoms with Crippen molar-refractivity contribution >= 4 is 31.5 Å². The fraction of sp³-hybridized carbons (Fsp3) is 0.615. The number of hydrogen-bond donors (Lipinski definition) is 2. The second-order valence-corrected chi connectivity index (χ2v) is 14.5. The van der Waals surface area contributed by atoms with Crippen LogP contribution in [0.3, 0.4) is 0 Å². The van der Waals surface area contributed by atoms with Crippen LogP contribution in [0, 0.1) is 5.92 Å². The molecule has 2 amide bonds. The number of ether oxygens (including phenoxy) is 1. The number of aliphatic hydroxyl groups excluding tert-OH is 1. The second kappa shape index (κ2) is 9.57. The van der Waals surface area contributed by atoms with Crippen LogP contribution in [0.15, 0.2) is 30.9 Å². The number of rotatable bonds is 6. The molecule has 1 spiro atoms. The number of carbonyl (C=O) groups excluding carboxylic acids is 2. The summed E-state index contributed by atoms with van der Waals surface area (Å²) in [6.07, 6.45) is 6.21. The minimum Gasteiger partial charge on any atom is -0.432 e. The predicted molar refractivity (Wildman–Crippen MR) is 135 cm³/mol. The van der Waals surface area contributed by atoms with E-state index in [-0.39, 0.29) is 29.9 Å². The van der Waals surface area contributed by atoms with Gasteiger partial charge in [0.1, 0.15) is 0 Å². The predicted octanol–water partition coefficient (Wildman–Crippen LogP) is 3.70. The zero-order valence-electron chi connectivity index (χ0n) is 20.6. The lowest BCUT2D eigenvalue weighted by Gasteiger charge is -2.32. The van der Waals surface area contributed by atoms with Crippen LogP contribution in [0.2, 0.25) is 18.6 Å². The molecule has 0 bridgehead atoms. The number of aliphatic hydroxyl groups is 1. The molecule has 0 saturated carbocycles. The van der Waals surface area contributed by atoms with Gasteiger partial charge in [-0.3, -0.25) is 9.59 Å². The highest BCUT2D eigenvalue weighted by atomic mass is 28.4. The Bertz CT molecular complexity index is 961. The summed E-state index contributed by atoms with van der Waals surface area (Å²) in [5.74, 6) is -0.328. The zero-order chi connectivity index (χ0) is 24.7. The number of anilines is 2. The highest BCUT2D eigenvalue weighted by Crippen LogP contribution is 2.60. The van der Waals surface area contributed by atoms with E-state index in [1.807, 2.05) is 43.1 Å². The topological polar surface area (TPSA) is 90.3 Å². The van der Waals surface area contributed by atoms with Gasteiger partial charge >= 0.3 is 0 Å². The summed E-state index contributed by atoms with van der Waals surface area (Å²) in [6.45, 7) is 10.5. The van der Waals surface area contributed by atoms with E-state index in [0.717, 1.165) is 42.6 Å². The first-order chi connectivity index (χ1) is 16.2. The lowest BCUT2D eigenvalue weighted by Crippen LogP contribution is -2.46. The van der Waals surface area contributed by atoms with Gasteiger partial charge in [0.2, 0.25) is 5.91 Å². The maximum atomic E-state index is 14.0. The number of carbonyl (C=O) groups is 2. The summed E-state index contributed by atoms with van der Waals surface area (Å²) in [5.41, 5.74) is 0.838. The van der Waals surface area contributed by atoms with Crippen LogP contribution < -0.4 is 9.80 Å². The van der Waals surface area contributed by atoms with Crippen molar-refractivity contribution in [3.05, 3.63) is 36.4 Å². The summed E-state index contributed by atoms with van der Waals surface area (Å²) in [7, 11) is -2.73. The summed E-state index contributed by atoms with van der Waals surface area (Å²) >= 11 is 0. The van der Waals surface area contributed by atoms with Crippen molar-refractivity contribution < 1.29 is 24.2 Å². The van der Waals surface area contributed by atoms with Gasteiger partial charge in [0.15, 0.2) is 13.9 Å². The monoisotopic (exact) mass is 486 g/mol. The molecule has 4 rings (SSSR count). The van der Waals surface area contributed by atoms with Gasteiger partial charge in [-0.05, 0) is 50.6 Å². The van der Waals surface area contributed by atoms with Gasteiger partial charge in [0, 0.05) is 48.8 Å². The van der Waals surface area contributed by atoms with E-state index >= 15 is 0 Å². The molecule has 0 aromatic heterocycles. The first-order valence-corrected chi connectivity index (χ1v) is 15.6. The Balaban J connectivity index is 1.84. The van der Waals surface area contributed by atoms with Crippen LogP contribution in [0.25, 0.3) is 0 Å². The fourth-order valence-corrected chi connectivity index (χ4v) is 8.98. The third kappa shape index (κ3) is 4.04. The lowest BCUT2D eigenvalue weighted by molar-refractivity contribution is -0.146. The SMILES string of the molecule is C=CCN1C(=O)[C@]2(O[C@H](CCO)[C@@H]([Si](C)(C)O)[C@@H]2C)c2cc(N3CCCCCCC3=O)ccc21. The molecule has 8 heteroatoms. The Kier molecular flexibility index (Phi) is 7.06. The van der Waals surface area contributed by atoms with Crippen molar-refractivity contribution in [3.63, 3.8) is 0 Å². The number of benzene rings is 1. The van der Waals surface area contributed by atoms with Gasteiger partial charge in [-0.1, -0.05) is 25.8 Å². The highest BCUT2D eigenvalue weighted by molar-refractivity contribution is 6.71. The summed E-state index contributed by atoms with van der Waals surface area (Å²) in [5, 5.41) is 9.72. The summed E-state index contributed by atoms with van der Waals surface area (Å²) in [6, 6.07) is 5.79. The molecule has 3 aliphatic heterocycles. The Morgan fingerprint density at radius 3 is 2.65 bits per heavy atom. The van der Waals surface area contributed by atoms with E-state index in [2.05, 4.69) is 6.58 Å². The normalized spacial score (nSPS) is 30.0. The molecule has 0 radical (unpaired) electrons. The maximum Gasteiger partial charge on any atom is 0.264 e. The zero-order valence-corrected chi connectivity index (χ0v) is 21.6. The van der Waals surface area contributed by atoms with Crippen LogP contribution in [0.1, 0.15) is 51.0 Å². The molecule has 3 heterocycles. The van der Waals surface area contributed by atoms with Gasteiger partial charge in [-0.2, -0.15) is 0 Å². The van der Waals surface area contributed by atoms with E-state index in [4.69, 9.17) is 4.74 Å². The van der Waals surface area contributed by atoms with Gasteiger partial charge in [-0.25, -0.2) is 0 Å². The van der Waals surface area contributed by atoms with Crippen molar-refractivity contribution in [1.82, 2.24) is 0 Å². The molecular formula is C26H38N2O5Si. The van der Waals surface area contributed by atoms with Gasteiger partial charge < -0.3 is 24.4 Å². The number of nitrogens with zero attached hydrogens (tertiary/aromatic N) is 2. The first kappa shape index (κ1) is 25.1. The quantitative estimate of drug-likeness (QED) is 0.473. The van der Waals surface area contributed by atoms with E-state index in [1.54, 1.807) is 11.0 Å². The van der Waals surface area contributed by atoms with E-state index in [9.17, 15) is 19.5 Å². The van der Waals surface area contributed by atoms with Crippen molar-refractivity contribution in [1.29, 1.82) is 0 Å². The highest BCUT2D eigenvalue weighted by Gasteiger charge is 2.66. The molecule has 2 fully saturated rings. The number of fused-ring (bicyclic) bond motifs is 2. The third-order valence-electron chi connectivity index (χ3n) is 7.83.